The fourth-order valence-corrected chi connectivity index (χ4v) is 4.84. The first-order valence-corrected chi connectivity index (χ1v) is 14.8. The molecule has 3 rings (SSSR count). The summed E-state index contributed by atoms with van der Waals surface area (Å²) in [4.78, 5) is 39.2. The summed E-state index contributed by atoms with van der Waals surface area (Å²) in [5, 5.41) is 11.7. The van der Waals surface area contributed by atoms with E-state index in [9.17, 15) is 14.4 Å². The summed E-state index contributed by atoms with van der Waals surface area (Å²) in [6, 6.07) is 25.2. The Morgan fingerprint density at radius 3 is 2.24 bits per heavy atom. The number of carbonyl (C=O) groups is 3. The number of ether oxygens (including phenoxy) is 1. The quantitative estimate of drug-likeness (QED) is 0.0952. The van der Waals surface area contributed by atoms with Crippen molar-refractivity contribution in [2.24, 2.45) is 0 Å². The van der Waals surface area contributed by atoms with E-state index in [0.717, 1.165) is 37.7 Å². The Kier molecular flexibility index (Phi) is 14.1. The van der Waals surface area contributed by atoms with E-state index in [1.54, 1.807) is 23.6 Å². The number of nitrogens with one attached hydrogen (secondary N) is 2. The number of rotatable bonds is 18. The number of carbonyl (C=O) groups excluding carboxylic acids is 3. The van der Waals surface area contributed by atoms with Crippen molar-refractivity contribution in [3.05, 3.63) is 95.6 Å². The van der Waals surface area contributed by atoms with Gasteiger partial charge in [-0.1, -0.05) is 73.9 Å². The maximum absolute atomic E-state index is 13.4. The zero-order valence-corrected chi connectivity index (χ0v) is 24.5. The minimum atomic E-state index is -0.431. The Hall–Kier alpha value is -4.17. The fourth-order valence-electron chi connectivity index (χ4n) is 4.84. The first-order chi connectivity index (χ1) is 20.5. The highest BCUT2D eigenvalue weighted by molar-refractivity contribution is 5.96. The number of para-hydroxylation sites is 2. The van der Waals surface area contributed by atoms with E-state index in [2.05, 4.69) is 29.6 Å². The molecule has 0 unspecified atom stereocenters. The Balaban J connectivity index is 1.53. The molecule has 0 saturated heterocycles. The lowest BCUT2D eigenvalue weighted by Gasteiger charge is -2.25. The molecule has 0 heterocycles. The molecule has 0 atom stereocenters. The average Bonchev–Trinajstić information content (AvgIpc) is 3.03. The van der Waals surface area contributed by atoms with E-state index < -0.39 is 5.91 Å². The highest BCUT2D eigenvalue weighted by Gasteiger charge is 2.20. The van der Waals surface area contributed by atoms with Crippen LogP contribution in [-0.2, 0) is 22.6 Å². The molecular formula is C34H43N3O5. The van der Waals surface area contributed by atoms with Gasteiger partial charge in [-0.05, 0) is 67.5 Å². The molecule has 0 radical (unpaired) electrons. The van der Waals surface area contributed by atoms with Crippen molar-refractivity contribution in [3.8, 4) is 5.75 Å². The van der Waals surface area contributed by atoms with Crippen molar-refractivity contribution in [1.82, 2.24) is 10.8 Å². The molecule has 0 aliphatic rings. The lowest BCUT2D eigenvalue weighted by molar-refractivity contribution is -0.129. The summed E-state index contributed by atoms with van der Waals surface area (Å²) >= 11 is 0. The number of methoxy groups -OCH3 is 1. The van der Waals surface area contributed by atoms with Crippen LogP contribution < -0.4 is 20.4 Å². The number of unbranched alkanes of at least 4 members (excludes halogenated alkanes) is 5. The zero-order chi connectivity index (χ0) is 30.0. The van der Waals surface area contributed by atoms with Gasteiger partial charge in [0.25, 0.3) is 5.91 Å². The van der Waals surface area contributed by atoms with Crippen molar-refractivity contribution in [3.63, 3.8) is 0 Å². The van der Waals surface area contributed by atoms with Crippen molar-refractivity contribution >= 4 is 23.4 Å². The molecule has 3 N–H and O–H groups in total. The van der Waals surface area contributed by atoms with Gasteiger partial charge in [0.15, 0.2) is 0 Å². The van der Waals surface area contributed by atoms with E-state index in [1.807, 2.05) is 48.5 Å². The topological polar surface area (TPSA) is 108 Å². The van der Waals surface area contributed by atoms with Crippen LogP contribution in [0.5, 0.6) is 5.75 Å². The number of aryl methyl sites for hydroxylation is 1. The van der Waals surface area contributed by atoms with Crippen molar-refractivity contribution in [1.29, 1.82) is 0 Å². The Morgan fingerprint density at radius 1 is 0.762 bits per heavy atom. The van der Waals surface area contributed by atoms with Gasteiger partial charge in [0, 0.05) is 24.9 Å². The van der Waals surface area contributed by atoms with Gasteiger partial charge >= 0.3 is 0 Å². The molecule has 8 nitrogen and oxygen atoms in total. The third-order valence-corrected chi connectivity index (χ3v) is 7.15. The second-order valence-electron chi connectivity index (χ2n) is 10.4. The summed E-state index contributed by atoms with van der Waals surface area (Å²) in [7, 11) is 1.57. The van der Waals surface area contributed by atoms with Crippen LogP contribution in [0.25, 0.3) is 0 Å². The number of hydrogen-bond acceptors (Lipinski definition) is 5. The molecule has 0 saturated carbocycles. The molecule has 0 aliphatic carbocycles. The molecule has 3 aromatic rings. The molecule has 224 valence electrons. The van der Waals surface area contributed by atoms with E-state index in [-0.39, 0.29) is 24.8 Å². The standard InChI is InChI=1S/C34H43N3O5/c1-42-31-21-12-11-20-30(31)37(33(39)23-10-5-9-22-32(38)36-41)26-28-18-14-19-29(25-28)34(40)35-24-13-3-2-6-15-27-16-7-4-8-17-27/h4,7-8,11-12,14,16-21,25,41H,2-3,5-6,9-10,13,15,22-24,26H2,1H3,(H,35,40)(H,36,38). The van der Waals surface area contributed by atoms with Gasteiger partial charge in [-0.3, -0.25) is 19.6 Å². The van der Waals surface area contributed by atoms with Gasteiger partial charge < -0.3 is 15.0 Å². The number of benzene rings is 3. The maximum atomic E-state index is 13.4. The number of amides is 3. The van der Waals surface area contributed by atoms with E-state index in [1.165, 1.54) is 5.56 Å². The van der Waals surface area contributed by atoms with Gasteiger partial charge in [-0.15, -0.1) is 0 Å². The number of anilines is 1. The normalized spacial score (nSPS) is 10.6. The second kappa shape index (κ2) is 18.3. The molecule has 0 aromatic heterocycles. The van der Waals surface area contributed by atoms with Gasteiger partial charge in [-0.2, -0.15) is 0 Å². The van der Waals surface area contributed by atoms with Crippen LogP contribution in [0.2, 0.25) is 0 Å². The molecule has 8 heteroatoms. The first-order valence-electron chi connectivity index (χ1n) is 14.8. The molecule has 0 bridgehead atoms. The van der Waals surface area contributed by atoms with Crippen LogP contribution in [0.15, 0.2) is 78.9 Å². The molecule has 3 aromatic carbocycles. The van der Waals surface area contributed by atoms with E-state index >= 15 is 0 Å². The SMILES string of the molecule is COc1ccccc1N(Cc1cccc(C(=O)NCCCCCCc2ccccc2)c1)C(=O)CCCCCC(=O)NO. The number of nitrogens with zero attached hydrogens (tertiary/aromatic N) is 1. The third-order valence-electron chi connectivity index (χ3n) is 7.15. The Morgan fingerprint density at radius 2 is 1.45 bits per heavy atom. The van der Waals surface area contributed by atoms with Crippen LogP contribution in [0.3, 0.4) is 0 Å². The minimum Gasteiger partial charge on any atom is -0.495 e. The zero-order valence-electron chi connectivity index (χ0n) is 24.5. The molecule has 0 aliphatic heterocycles. The summed E-state index contributed by atoms with van der Waals surface area (Å²) < 4.78 is 5.53. The fraction of sp³-hybridized carbons (Fsp3) is 0.382. The molecular weight excluding hydrogens is 530 g/mol. The van der Waals surface area contributed by atoms with E-state index in [0.29, 0.717) is 49.2 Å². The highest BCUT2D eigenvalue weighted by Crippen LogP contribution is 2.30. The van der Waals surface area contributed by atoms with Crippen LogP contribution in [0.4, 0.5) is 5.69 Å². The number of hydrogen-bond donors (Lipinski definition) is 3. The van der Waals surface area contributed by atoms with Crippen LogP contribution in [-0.4, -0.2) is 36.6 Å². The molecule has 42 heavy (non-hydrogen) atoms. The Bertz CT molecular complexity index is 1260. The molecule has 0 spiro atoms. The predicted molar refractivity (Wildman–Crippen MR) is 165 cm³/mol. The lowest BCUT2D eigenvalue weighted by Crippen LogP contribution is -2.31. The van der Waals surface area contributed by atoms with E-state index in [4.69, 9.17) is 9.94 Å². The van der Waals surface area contributed by atoms with Crippen molar-refractivity contribution < 1.29 is 24.3 Å². The van der Waals surface area contributed by atoms with Crippen LogP contribution in [0, 0.1) is 0 Å². The highest BCUT2D eigenvalue weighted by atomic mass is 16.5. The monoisotopic (exact) mass is 573 g/mol. The Labute approximate surface area is 249 Å². The largest absolute Gasteiger partial charge is 0.495 e. The minimum absolute atomic E-state index is 0.0757. The summed E-state index contributed by atoms with van der Waals surface area (Å²) in [5.74, 6) is -0.0423. The second-order valence-corrected chi connectivity index (χ2v) is 10.4. The summed E-state index contributed by atoms with van der Waals surface area (Å²) in [6.45, 7) is 0.912. The van der Waals surface area contributed by atoms with Crippen LogP contribution >= 0.6 is 0 Å². The van der Waals surface area contributed by atoms with Crippen LogP contribution in [0.1, 0.15) is 79.3 Å². The molecule has 0 fully saturated rings. The van der Waals surface area contributed by atoms with Crippen molar-refractivity contribution in [2.45, 2.75) is 70.8 Å². The number of hydroxylamine groups is 1. The third kappa shape index (κ3) is 11.0. The van der Waals surface area contributed by atoms with Gasteiger partial charge in [0.1, 0.15) is 5.75 Å². The van der Waals surface area contributed by atoms with Gasteiger partial charge in [0.2, 0.25) is 11.8 Å². The average molecular weight is 574 g/mol. The van der Waals surface area contributed by atoms with Gasteiger partial charge in [0.05, 0.1) is 19.3 Å². The maximum Gasteiger partial charge on any atom is 0.251 e. The summed E-state index contributed by atoms with van der Waals surface area (Å²) in [6.07, 6.45) is 7.73. The van der Waals surface area contributed by atoms with Gasteiger partial charge in [-0.25, -0.2) is 5.48 Å². The van der Waals surface area contributed by atoms with Crippen molar-refractivity contribution in [2.75, 3.05) is 18.6 Å². The smallest absolute Gasteiger partial charge is 0.251 e. The predicted octanol–water partition coefficient (Wildman–Crippen LogP) is 6.22. The summed E-state index contributed by atoms with van der Waals surface area (Å²) in [5.41, 5.74) is 5.04. The molecule has 3 amide bonds. The first kappa shape index (κ1) is 32.3. The lowest BCUT2D eigenvalue weighted by atomic mass is 10.1.